The van der Waals surface area contributed by atoms with Gasteiger partial charge in [-0.25, -0.2) is 0 Å². The van der Waals surface area contributed by atoms with E-state index in [0.717, 1.165) is 24.2 Å². The maximum Gasteiger partial charge on any atom is 0.224 e. The van der Waals surface area contributed by atoms with Crippen molar-refractivity contribution in [1.29, 1.82) is 0 Å². The summed E-state index contributed by atoms with van der Waals surface area (Å²) < 4.78 is 0. The Morgan fingerprint density at radius 2 is 1.80 bits per heavy atom. The number of amides is 1. The zero-order chi connectivity index (χ0) is 11.1. The number of anilines is 2. The molecule has 1 aromatic carbocycles. The van der Waals surface area contributed by atoms with Gasteiger partial charge in [0, 0.05) is 24.8 Å². The SMILES string of the molecule is CCCCC(=O)Nc1ccc(NC)cc1. The van der Waals surface area contributed by atoms with Crippen LogP contribution in [0.1, 0.15) is 26.2 Å². The molecule has 0 aromatic heterocycles. The second-order valence-corrected chi connectivity index (χ2v) is 3.48. The van der Waals surface area contributed by atoms with Crippen molar-refractivity contribution < 1.29 is 4.79 Å². The molecule has 1 rings (SSSR count). The molecule has 15 heavy (non-hydrogen) atoms. The molecule has 3 heteroatoms. The lowest BCUT2D eigenvalue weighted by Crippen LogP contribution is -2.10. The van der Waals surface area contributed by atoms with Gasteiger partial charge in [0.2, 0.25) is 5.91 Å². The lowest BCUT2D eigenvalue weighted by atomic mass is 10.2. The molecule has 1 amide bonds. The zero-order valence-corrected chi connectivity index (χ0v) is 9.34. The molecule has 0 aliphatic heterocycles. The van der Waals surface area contributed by atoms with Crippen LogP contribution in [0.4, 0.5) is 11.4 Å². The number of carbonyl (C=O) groups is 1. The summed E-state index contributed by atoms with van der Waals surface area (Å²) in [5, 5.41) is 5.89. The van der Waals surface area contributed by atoms with Crippen molar-refractivity contribution in [1.82, 2.24) is 0 Å². The molecule has 0 atom stereocenters. The Morgan fingerprint density at radius 3 is 2.33 bits per heavy atom. The third-order valence-corrected chi connectivity index (χ3v) is 2.21. The van der Waals surface area contributed by atoms with Crippen molar-refractivity contribution in [3.05, 3.63) is 24.3 Å². The highest BCUT2D eigenvalue weighted by molar-refractivity contribution is 5.90. The second kappa shape index (κ2) is 6.06. The maximum atomic E-state index is 11.4. The Bertz CT molecular complexity index is 306. The van der Waals surface area contributed by atoms with Crippen molar-refractivity contribution in [3.63, 3.8) is 0 Å². The van der Waals surface area contributed by atoms with Crippen LogP contribution in [0.25, 0.3) is 0 Å². The summed E-state index contributed by atoms with van der Waals surface area (Å²) >= 11 is 0. The number of hydrogen-bond donors (Lipinski definition) is 2. The molecule has 1 aromatic rings. The van der Waals surface area contributed by atoms with E-state index in [1.54, 1.807) is 0 Å². The van der Waals surface area contributed by atoms with Crippen molar-refractivity contribution in [2.45, 2.75) is 26.2 Å². The fraction of sp³-hybridized carbons (Fsp3) is 0.417. The van der Waals surface area contributed by atoms with Gasteiger partial charge in [0.1, 0.15) is 0 Å². The minimum absolute atomic E-state index is 0.0917. The van der Waals surface area contributed by atoms with E-state index in [0.29, 0.717) is 6.42 Å². The van der Waals surface area contributed by atoms with E-state index >= 15 is 0 Å². The van der Waals surface area contributed by atoms with Crippen LogP contribution in [0.3, 0.4) is 0 Å². The first-order chi connectivity index (χ1) is 7.26. The van der Waals surface area contributed by atoms with Gasteiger partial charge in [-0.1, -0.05) is 13.3 Å². The van der Waals surface area contributed by atoms with Crippen LogP contribution in [-0.4, -0.2) is 13.0 Å². The summed E-state index contributed by atoms with van der Waals surface area (Å²) in [6.45, 7) is 2.08. The first-order valence-corrected chi connectivity index (χ1v) is 5.34. The van der Waals surface area contributed by atoms with Crippen LogP contribution in [0.5, 0.6) is 0 Å². The Labute approximate surface area is 90.9 Å². The van der Waals surface area contributed by atoms with Gasteiger partial charge in [0.25, 0.3) is 0 Å². The van der Waals surface area contributed by atoms with E-state index < -0.39 is 0 Å². The van der Waals surface area contributed by atoms with Crippen molar-refractivity contribution >= 4 is 17.3 Å². The van der Waals surface area contributed by atoms with Crippen LogP contribution < -0.4 is 10.6 Å². The highest BCUT2D eigenvalue weighted by Crippen LogP contribution is 2.13. The van der Waals surface area contributed by atoms with Crippen molar-refractivity contribution in [3.8, 4) is 0 Å². The van der Waals surface area contributed by atoms with E-state index in [4.69, 9.17) is 0 Å². The number of rotatable bonds is 5. The van der Waals surface area contributed by atoms with Crippen LogP contribution in [0, 0.1) is 0 Å². The Hall–Kier alpha value is -1.51. The summed E-state index contributed by atoms with van der Waals surface area (Å²) in [5.41, 5.74) is 1.90. The maximum absolute atomic E-state index is 11.4. The minimum atomic E-state index is 0.0917. The predicted molar refractivity (Wildman–Crippen MR) is 64.1 cm³/mol. The van der Waals surface area contributed by atoms with E-state index in [1.807, 2.05) is 31.3 Å². The fourth-order valence-corrected chi connectivity index (χ4v) is 1.28. The summed E-state index contributed by atoms with van der Waals surface area (Å²) in [7, 11) is 1.87. The van der Waals surface area contributed by atoms with Gasteiger partial charge in [-0.2, -0.15) is 0 Å². The number of nitrogens with one attached hydrogen (secondary N) is 2. The lowest BCUT2D eigenvalue weighted by Gasteiger charge is -2.05. The molecule has 0 aliphatic carbocycles. The molecule has 82 valence electrons. The number of benzene rings is 1. The predicted octanol–water partition coefficient (Wildman–Crippen LogP) is 2.86. The standard InChI is InChI=1S/C12H18N2O/c1-3-4-5-12(15)14-11-8-6-10(13-2)7-9-11/h6-9,13H,3-5H2,1-2H3,(H,14,15). The average molecular weight is 206 g/mol. The average Bonchev–Trinajstić information content (AvgIpc) is 2.27. The molecular formula is C12H18N2O. The van der Waals surface area contributed by atoms with Gasteiger partial charge < -0.3 is 10.6 Å². The molecule has 0 aliphatic rings. The second-order valence-electron chi connectivity index (χ2n) is 3.48. The number of unbranched alkanes of at least 4 members (excludes halogenated alkanes) is 1. The highest BCUT2D eigenvalue weighted by Gasteiger charge is 2.00. The first kappa shape index (κ1) is 11.6. The summed E-state index contributed by atoms with van der Waals surface area (Å²) in [6.07, 6.45) is 2.59. The Kier molecular flexibility index (Phi) is 4.68. The topological polar surface area (TPSA) is 41.1 Å². The molecule has 0 heterocycles. The quantitative estimate of drug-likeness (QED) is 0.777. The molecule has 3 nitrogen and oxygen atoms in total. The van der Waals surface area contributed by atoms with E-state index in [1.165, 1.54) is 0 Å². The van der Waals surface area contributed by atoms with E-state index in [2.05, 4.69) is 17.6 Å². The monoisotopic (exact) mass is 206 g/mol. The van der Waals surface area contributed by atoms with Gasteiger partial charge in [-0.05, 0) is 30.7 Å². The van der Waals surface area contributed by atoms with Gasteiger partial charge in [-0.15, -0.1) is 0 Å². The van der Waals surface area contributed by atoms with Crippen molar-refractivity contribution in [2.75, 3.05) is 17.7 Å². The minimum Gasteiger partial charge on any atom is -0.388 e. The van der Waals surface area contributed by atoms with Gasteiger partial charge >= 0.3 is 0 Å². The van der Waals surface area contributed by atoms with Crippen LogP contribution in [-0.2, 0) is 4.79 Å². The normalized spacial score (nSPS) is 9.73. The van der Waals surface area contributed by atoms with E-state index in [-0.39, 0.29) is 5.91 Å². The molecule has 0 bridgehead atoms. The van der Waals surface area contributed by atoms with Crippen LogP contribution >= 0.6 is 0 Å². The van der Waals surface area contributed by atoms with Gasteiger partial charge in [0.15, 0.2) is 0 Å². The molecular weight excluding hydrogens is 188 g/mol. The zero-order valence-electron chi connectivity index (χ0n) is 9.34. The first-order valence-electron chi connectivity index (χ1n) is 5.34. The third-order valence-electron chi connectivity index (χ3n) is 2.21. The van der Waals surface area contributed by atoms with E-state index in [9.17, 15) is 4.79 Å². The number of hydrogen-bond acceptors (Lipinski definition) is 2. The molecule has 0 spiro atoms. The summed E-state index contributed by atoms with van der Waals surface area (Å²) in [6, 6.07) is 7.68. The summed E-state index contributed by atoms with van der Waals surface area (Å²) in [4.78, 5) is 11.4. The Morgan fingerprint density at radius 1 is 1.20 bits per heavy atom. The summed E-state index contributed by atoms with van der Waals surface area (Å²) in [5.74, 6) is 0.0917. The Balaban J connectivity index is 2.46. The largest absolute Gasteiger partial charge is 0.388 e. The molecule has 0 fully saturated rings. The smallest absolute Gasteiger partial charge is 0.224 e. The lowest BCUT2D eigenvalue weighted by molar-refractivity contribution is -0.116. The van der Waals surface area contributed by atoms with Gasteiger partial charge in [-0.3, -0.25) is 4.79 Å². The van der Waals surface area contributed by atoms with Crippen molar-refractivity contribution in [2.24, 2.45) is 0 Å². The third kappa shape index (κ3) is 4.02. The molecule has 0 radical (unpaired) electrons. The van der Waals surface area contributed by atoms with Gasteiger partial charge in [0.05, 0.1) is 0 Å². The molecule has 0 unspecified atom stereocenters. The molecule has 2 N–H and O–H groups in total. The fourth-order valence-electron chi connectivity index (χ4n) is 1.28. The number of carbonyl (C=O) groups excluding carboxylic acids is 1. The molecule has 0 saturated heterocycles. The molecule has 0 saturated carbocycles. The van der Waals surface area contributed by atoms with Crippen LogP contribution in [0.15, 0.2) is 24.3 Å². The van der Waals surface area contributed by atoms with Crippen LogP contribution in [0.2, 0.25) is 0 Å². The highest BCUT2D eigenvalue weighted by atomic mass is 16.1.